The molecule has 0 spiro atoms. The summed E-state index contributed by atoms with van der Waals surface area (Å²) in [5, 5.41) is 11.0. The van der Waals surface area contributed by atoms with Crippen molar-refractivity contribution < 1.29 is 19.0 Å². The van der Waals surface area contributed by atoms with Gasteiger partial charge >= 0.3 is 6.03 Å². The average molecular weight is 432 g/mol. The maximum atomic E-state index is 12.5. The Hall–Kier alpha value is -3.88. The summed E-state index contributed by atoms with van der Waals surface area (Å²) >= 11 is 0. The fourth-order valence-electron chi connectivity index (χ4n) is 3.20. The number of hydrogen-bond acceptors (Lipinski definition) is 5. The van der Waals surface area contributed by atoms with Gasteiger partial charge in [0, 0.05) is 31.0 Å². The second kappa shape index (κ2) is 9.95. The van der Waals surface area contributed by atoms with E-state index in [4.69, 9.17) is 14.2 Å². The molecular formula is C24H24N4O4. The number of urea groups is 1. The second-order valence-electron chi connectivity index (χ2n) is 7.02. The number of anilines is 2. The molecule has 2 N–H and O–H groups in total. The highest BCUT2D eigenvalue weighted by molar-refractivity contribution is 6.00. The van der Waals surface area contributed by atoms with Crippen LogP contribution in [0.4, 0.5) is 16.2 Å². The van der Waals surface area contributed by atoms with Gasteiger partial charge in [0.25, 0.3) is 0 Å². The van der Waals surface area contributed by atoms with Gasteiger partial charge in [0.1, 0.15) is 11.5 Å². The molecule has 8 heteroatoms. The van der Waals surface area contributed by atoms with Gasteiger partial charge in [-0.3, -0.25) is 4.68 Å². The quantitative estimate of drug-likeness (QED) is 0.379. The van der Waals surface area contributed by atoms with Crippen LogP contribution in [0.25, 0.3) is 10.9 Å². The lowest BCUT2D eigenvalue weighted by Gasteiger charge is -2.14. The number of hydrogen-bond donors (Lipinski definition) is 2. The average Bonchev–Trinajstić information content (AvgIpc) is 3.21. The van der Waals surface area contributed by atoms with Crippen LogP contribution in [-0.2, 0) is 16.0 Å². The highest BCUT2D eigenvalue weighted by Crippen LogP contribution is 2.23. The van der Waals surface area contributed by atoms with Crippen LogP contribution in [0, 0.1) is 0 Å². The largest absolute Gasteiger partial charge is 0.457 e. The molecule has 32 heavy (non-hydrogen) atoms. The van der Waals surface area contributed by atoms with Crippen LogP contribution in [-0.4, -0.2) is 36.3 Å². The minimum absolute atomic E-state index is 0.348. The van der Waals surface area contributed by atoms with E-state index in [0.29, 0.717) is 23.7 Å². The molecule has 0 aliphatic rings. The molecule has 0 radical (unpaired) electrons. The summed E-state index contributed by atoms with van der Waals surface area (Å²) in [6, 6.07) is 21.9. The van der Waals surface area contributed by atoms with Crippen molar-refractivity contribution in [2.24, 2.45) is 0 Å². The number of aromatic nitrogens is 2. The first-order chi connectivity index (χ1) is 15.6. The van der Waals surface area contributed by atoms with E-state index in [1.807, 2.05) is 48.5 Å². The predicted molar refractivity (Wildman–Crippen MR) is 123 cm³/mol. The van der Waals surface area contributed by atoms with Crippen LogP contribution in [0.3, 0.4) is 0 Å². The van der Waals surface area contributed by atoms with Gasteiger partial charge in [0.2, 0.25) is 0 Å². The van der Waals surface area contributed by atoms with Crippen molar-refractivity contribution in [2.75, 3.05) is 24.9 Å². The Morgan fingerprint density at radius 2 is 1.56 bits per heavy atom. The number of nitrogens with one attached hydrogen (secondary N) is 2. The molecule has 0 saturated carbocycles. The molecule has 0 atom stereocenters. The van der Waals surface area contributed by atoms with Crippen molar-refractivity contribution in [3.8, 4) is 11.5 Å². The second-order valence-corrected chi connectivity index (χ2v) is 7.02. The summed E-state index contributed by atoms with van der Waals surface area (Å²) in [5.41, 5.74) is 2.16. The Balaban J connectivity index is 1.39. The number of carbonyl (C=O) groups excluding carboxylic acids is 1. The highest BCUT2D eigenvalue weighted by atomic mass is 16.7. The van der Waals surface area contributed by atoms with Gasteiger partial charge in [0.05, 0.1) is 18.3 Å². The topological polar surface area (TPSA) is 86.6 Å². The highest BCUT2D eigenvalue weighted by Gasteiger charge is 2.11. The molecule has 0 aliphatic carbocycles. The first kappa shape index (κ1) is 21.4. The van der Waals surface area contributed by atoms with Gasteiger partial charge in [-0.1, -0.05) is 18.2 Å². The normalized spacial score (nSPS) is 11.0. The monoisotopic (exact) mass is 432 g/mol. The number of carbonyl (C=O) groups is 1. The molecule has 0 aliphatic heterocycles. The van der Waals surface area contributed by atoms with E-state index in [1.165, 1.54) is 0 Å². The lowest BCUT2D eigenvalue weighted by molar-refractivity contribution is -0.111. The maximum absolute atomic E-state index is 12.5. The Morgan fingerprint density at radius 3 is 2.28 bits per heavy atom. The zero-order valence-electron chi connectivity index (χ0n) is 17.8. The maximum Gasteiger partial charge on any atom is 0.323 e. The molecule has 0 saturated heterocycles. The number of amides is 2. The number of nitrogens with zero attached hydrogens (tertiary/aromatic N) is 2. The molecule has 4 aromatic rings. The summed E-state index contributed by atoms with van der Waals surface area (Å²) in [7, 11) is 3.16. The van der Waals surface area contributed by atoms with Crippen molar-refractivity contribution in [3.63, 3.8) is 0 Å². The Kier molecular flexibility index (Phi) is 6.64. The van der Waals surface area contributed by atoms with Crippen molar-refractivity contribution in [2.45, 2.75) is 12.8 Å². The van der Waals surface area contributed by atoms with Gasteiger partial charge in [-0.2, -0.15) is 5.10 Å². The SMILES string of the molecule is COC(Cn1ncc2ccc(NC(=O)Nc3ccc(Oc4ccccc4)cc3)cc21)OC. The summed E-state index contributed by atoms with van der Waals surface area (Å²) < 4.78 is 18.1. The van der Waals surface area contributed by atoms with Crippen LogP contribution >= 0.6 is 0 Å². The smallest absolute Gasteiger partial charge is 0.323 e. The molecule has 1 aromatic heterocycles. The molecular weight excluding hydrogens is 408 g/mol. The van der Waals surface area contributed by atoms with Crippen molar-refractivity contribution in [1.29, 1.82) is 0 Å². The molecule has 0 fully saturated rings. The third-order valence-electron chi connectivity index (χ3n) is 4.84. The Morgan fingerprint density at radius 1 is 0.906 bits per heavy atom. The van der Waals surface area contributed by atoms with E-state index in [2.05, 4.69) is 15.7 Å². The minimum atomic E-state index is -0.410. The number of methoxy groups -OCH3 is 2. The van der Waals surface area contributed by atoms with Gasteiger partial charge in [-0.25, -0.2) is 4.79 Å². The van der Waals surface area contributed by atoms with E-state index in [9.17, 15) is 4.79 Å². The van der Waals surface area contributed by atoms with Gasteiger partial charge in [-0.15, -0.1) is 0 Å². The molecule has 4 rings (SSSR count). The first-order valence-corrected chi connectivity index (χ1v) is 10.1. The zero-order chi connectivity index (χ0) is 22.3. The van der Waals surface area contributed by atoms with Crippen LogP contribution < -0.4 is 15.4 Å². The van der Waals surface area contributed by atoms with Gasteiger partial charge in [0.15, 0.2) is 6.29 Å². The van der Waals surface area contributed by atoms with E-state index in [1.54, 1.807) is 49.4 Å². The third-order valence-corrected chi connectivity index (χ3v) is 4.84. The Bertz CT molecular complexity index is 1170. The zero-order valence-corrected chi connectivity index (χ0v) is 17.8. The van der Waals surface area contributed by atoms with Crippen LogP contribution in [0.5, 0.6) is 11.5 Å². The summed E-state index contributed by atoms with van der Waals surface area (Å²) in [5.74, 6) is 1.44. The Labute approximate surface area is 185 Å². The lowest BCUT2D eigenvalue weighted by Crippen LogP contribution is -2.21. The number of ether oxygens (including phenoxy) is 3. The molecule has 3 aromatic carbocycles. The predicted octanol–water partition coefficient (Wildman–Crippen LogP) is 5.09. The molecule has 1 heterocycles. The number of fused-ring (bicyclic) bond motifs is 1. The van der Waals surface area contributed by atoms with Gasteiger partial charge in [-0.05, 0) is 54.6 Å². The van der Waals surface area contributed by atoms with Crippen molar-refractivity contribution in [1.82, 2.24) is 9.78 Å². The number of rotatable bonds is 8. The number of para-hydroxylation sites is 1. The minimum Gasteiger partial charge on any atom is -0.457 e. The third kappa shape index (κ3) is 5.23. The molecule has 2 amide bonds. The fraction of sp³-hybridized carbons (Fsp3) is 0.167. The van der Waals surface area contributed by atoms with E-state index < -0.39 is 6.29 Å². The van der Waals surface area contributed by atoms with E-state index in [0.717, 1.165) is 16.7 Å². The van der Waals surface area contributed by atoms with Crippen LogP contribution in [0.2, 0.25) is 0 Å². The van der Waals surface area contributed by atoms with Crippen molar-refractivity contribution in [3.05, 3.63) is 79.0 Å². The van der Waals surface area contributed by atoms with E-state index >= 15 is 0 Å². The van der Waals surface area contributed by atoms with Crippen LogP contribution in [0.1, 0.15) is 0 Å². The lowest BCUT2D eigenvalue weighted by atomic mass is 10.2. The summed E-state index contributed by atoms with van der Waals surface area (Å²) in [6.07, 6.45) is 1.35. The first-order valence-electron chi connectivity index (χ1n) is 10.1. The van der Waals surface area contributed by atoms with Crippen LogP contribution in [0.15, 0.2) is 79.0 Å². The standard InChI is InChI=1S/C24H24N4O4/c1-30-23(31-2)16-28-22-14-19(9-8-17(22)15-25-28)27-24(29)26-18-10-12-21(13-11-18)32-20-6-4-3-5-7-20/h3-15,23H,16H2,1-2H3,(H2,26,27,29). The molecule has 164 valence electrons. The molecule has 8 nitrogen and oxygen atoms in total. The van der Waals surface area contributed by atoms with E-state index in [-0.39, 0.29) is 6.03 Å². The molecule has 0 unspecified atom stereocenters. The van der Waals surface area contributed by atoms with Gasteiger partial charge < -0.3 is 24.8 Å². The summed E-state index contributed by atoms with van der Waals surface area (Å²) in [6.45, 7) is 0.434. The molecule has 0 bridgehead atoms. The fourth-order valence-corrected chi connectivity index (χ4v) is 3.20. The summed E-state index contributed by atoms with van der Waals surface area (Å²) in [4.78, 5) is 12.5. The van der Waals surface area contributed by atoms with Crippen molar-refractivity contribution >= 4 is 28.3 Å². The number of benzene rings is 3.